The van der Waals surface area contributed by atoms with E-state index in [-0.39, 0.29) is 112 Å². The van der Waals surface area contributed by atoms with E-state index in [0.29, 0.717) is 83.2 Å². The lowest BCUT2D eigenvalue weighted by Gasteiger charge is -2.27. The molecule has 0 saturated heterocycles. The number of rotatable bonds is 15. The normalized spacial score (nSPS) is 27.4. The molecule has 3 heterocycles. The highest BCUT2D eigenvalue weighted by molar-refractivity contribution is 5.61. The summed E-state index contributed by atoms with van der Waals surface area (Å²) < 4.78 is 87.3. The van der Waals surface area contributed by atoms with Crippen LogP contribution in [0.4, 0.5) is 17.6 Å². The number of benzene rings is 4. The van der Waals surface area contributed by atoms with Gasteiger partial charge in [0.05, 0.1) is 19.3 Å². The molecule has 362 valence electrons. The zero-order valence-corrected chi connectivity index (χ0v) is 40.3. The second-order valence-corrected chi connectivity index (χ2v) is 21.1. The molecule has 67 heavy (non-hydrogen) atoms. The number of phenols is 4. The zero-order chi connectivity index (χ0) is 48.3. The molecular formula is C55H66F4O8. The van der Waals surface area contributed by atoms with Crippen molar-refractivity contribution in [3.05, 3.63) is 92.0 Å². The molecule has 12 heteroatoms. The Balaban J connectivity index is 0.906. The predicted octanol–water partition coefficient (Wildman–Crippen LogP) is 13.4. The van der Waals surface area contributed by atoms with E-state index in [2.05, 4.69) is 0 Å². The fourth-order valence-corrected chi connectivity index (χ4v) is 12.5. The quantitative estimate of drug-likeness (QED) is 0.0871. The lowest BCUT2D eigenvalue weighted by Crippen LogP contribution is -2.28. The maximum Gasteiger partial charge on any atom is 0.165 e. The fourth-order valence-electron chi connectivity index (χ4n) is 12.5. The number of phenolic OH excluding ortho intramolecular Hbond substituents is 4. The smallest absolute Gasteiger partial charge is 0.165 e. The first-order chi connectivity index (χ1) is 31.8. The van der Waals surface area contributed by atoms with Crippen LogP contribution in [0.2, 0.25) is 0 Å². The Hall–Kier alpha value is -5.00. The third kappa shape index (κ3) is 7.52. The molecule has 2 saturated carbocycles. The standard InChI is InChI=1S/C55H66F4O8/c1-11-28-21-64-52-40(57)19-35(48(62)44(28)52)26(8)34-16-38(34)55(10)22-65-54-42(59)20-36(49(63)45(54)55)25(7)33-15-37(33)50-27(9)43-47(61)32(18-41(58)53(43)67-50)24(6)14-29(12-2)66-51-30(13-3)46(60)31(23(4)5)17-39(51)56/h17-20,23-29,33-34,37-38,50,60-63H,11-16,21-22H2,1-10H3. The molecule has 3 aliphatic heterocycles. The average Bonchev–Trinajstić information content (AvgIpc) is 4.16. The summed E-state index contributed by atoms with van der Waals surface area (Å²) in [5.41, 5.74) is 2.94. The Morgan fingerprint density at radius 2 is 1.33 bits per heavy atom. The molecule has 9 rings (SSSR count). The van der Waals surface area contributed by atoms with Crippen LogP contribution in [0.3, 0.4) is 0 Å². The van der Waals surface area contributed by atoms with Crippen LogP contribution in [0.15, 0.2) is 24.3 Å². The van der Waals surface area contributed by atoms with E-state index in [1.165, 1.54) is 24.3 Å². The van der Waals surface area contributed by atoms with Crippen molar-refractivity contribution < 1.29 is 56.9 Å². The zero-order valence-electron chi connectivity index (χ0n) is 40.3. The Morgan fingerprint density at radius 3 is 1.99 bits per heavy atom. The Labute approximate surface area is 391 Å². The molecule has 12 unspecified atom stereocenters. The molecule has 2 fully saturated rings. The first-order valence-electron chi connectivity index (χ1n) is 24.6. The number of halogens is 4. The van der Waals surface area contributed by atoms with Gasteiger partial charge in [0.2, 0.25) is 0 Å². The van der Waals surface area contributed by atoms with Crippen LogP contribution in [-0.4, -0.2) is 45.8 Å². The van der Waals surface area contributed by atoms with E-state index in [1.807, 2.05) is 69.2 Å². The molecule has 0 aromatic heterocycles. The molecule has 4 aromatic rings. The molecule has 0 bridgehead atoms. The van der Waals surface area contributed by atoms with Crippen LogP contribution in [0, 0.1) is 46.9 Å². The third-order valence-electron chi connectivity index (χ3n) is 16.8. The maximum atomic E-state index is 16.1. The Kier molecular flexibility index (Phi) is 12.1. The SMILES string of the molecule is CCc1c(O)c(C(C)C)cc(F)c1OC(CC)CC(C)c1cc(F)c2c(c1O)C(C)C(C1CC1C(C)c1cc(F)c3c(c1O)C(C)(C1CC1C(C)c1cc(F)c4c(c1O)C(CC)CO4)CO3)O2. The van der Waals surface area contributed by atoms with Crippen molar-refractivity contribution in [2.45, 2.75) is 161 Å². The highest BCUT2D eigenvalue weighted by atomic mass is 19.1. The summed E-state index contributed by atoms with van der Waals surface area (Å²) in [6.07, 6.45) is 2.37. The van der Waals surface area contributed by atoms with Gasteiger partial charge in [-0.1, -0.05) is 69.2 Å². The van der Waals surface area contributed by atoms with E-state index >= 15 is 17.6 Å². The molecule has 4 aromatic carbocycles. The number of hydrogen-bond donors (Lipinski definition) is 4. The minimum absolute atomic E-state index is 0.000554. The summed E-state index contributed by atoms with van der Waals surface area (Å²) in [6, 6.07) is 5.39. The predicted molar refractivity (Wildman–Crippen MR) is 248 cm³/mol. The molecule has 8 nitrogen and oxygen atoms in total. The molecule has 4 N–H and O–H groups in total. The lowest BCUT2D eigenvalue weighted by molar-refractivity contribution is 0.168. The summed E-state index contributed by atoms with van der Waals surface area (Å²) in [5, 5.41) is 46.3. The van der Waals surface area contributed by atoms with Gasteiger partial charge in [-0.25, -0.2) is 17.6 Å². The van der Waals surface area contributed by atoms with E-state index in [9.17, 15) is 20.4 Å². The largest absolute Gasteiger partial charge is 0.507 e. The second kappa shape index (κ2) is 17.2. The van der Waals surface area contributed by atoms with E-state index in [4.69, 9.17) is 18.9 Å². The van der Waals surface area contributed by atoms with Gasteiger partial charge in [-0.15, -0.1) is 0 Å². The van der Waals surface area contributed by atoms with Crippen LogP contribution in [0.1, 0.15) is 181 Å². The summed E-state index contributed by atoms with van der Waals surface area (Å²) in [6.45, 7) is 19.7. The van der Waals surface area contributed by atoms with Crippen LogP contribution in [0.25, 0.3) is 0 Å². The van der Waals surface area contributed by atoms with Gasteiger partial charge < -0.3 is 39.4 Å². The van der Waals surface area contributed by atoms with Crippen molar-refractivity contribution in [2.24, 2.45) is 23.7 Å². The summed E-state index contributed by atoms with van der Waals surface area (Å²) >= 11 is 0. The summed E-state index contributed by atoms with van der Waals surface area (Å²) in [5.74, 6) is -3.47. The Morgan fingerprint density at radius 1 is 0.716 bits per heavy atom. The van der Waals surface area contributed by atoms with Gasteiger partial charge in [0.15, 0.2) is 46.3 Å². The summed E-state index contributed by atoms with van der Waals surface area (Å²) in [4.78, 5) is 0. The Bertz CT molecular complexity index is 2610. The van der Waals surface area contributed by atoms with Gasteiger partial charge in [0, 0.05) is 62.1 Å². The second-order valence-electron chi connectivity index (χ2n) is 21.1. The van der Waals surface area contributed by atoms with Gasteiger partial charge in [-0.05, 0) is 110 Å². The van der Waals surface area contributed by atoms with Gasteiger partial charge in [-0.3, -0.25) is 0 Å². The number of fused-ring (bicyclic) bond motifs is 3. The topological polar surface area (TPSA) is 118 Å². The van der Waals surface area contributed by atoms with Crippen LogP contribution in [-0.2, 0) is 11.8 Å². The van der Waals surface area contributed by atoms with Crippen molar-refractivity contribution in [1.29, 1.82) is 0 Å². The number of aromatic hydroxyl groups is 4. The molecule has 0 spiro atoms. The van der Waals surface area contributed by atoms with Crippen molar-refractivity contribution in [3.8, 4) is 46.0 Å². The molecule has 5 aliphatic rings. The van der Waals surface area contributed by atoms with Crippen LogP contribution >= 0.6 is 0 Å². The van der Waals surface area contributed by atoms with Gasteiger partial charge in [0.25, 0.3) is 0 Å². The van der Waals surface area contributed by atoms with Crippen LogP contribution in [0.5, 0.6) is 46.0 Å². The van der Waals surface area contributed by atoms with E-state index < -0.39 is 40.9 Å². The minimum Gasteiger partial charge on any atom is -0.507 e. The monoisotopic (exact) mass is 930 g/mol. The maximum absolute atomic E-state index is 16.1. The van der Waals surface area contributed by atoms with Crippen molar-refractivity contribution in [2.75, 3.05) is 13.2 Å². The number of ether oxygens (including phenoxy) is 4. The molecule has 0 radical (unpaired) electrons. The lowest BCUT2D eigenvalue weighted by atomic mass is 9.75. The van der Waals surface area contributed by atoms with Crippen molar-refractivity contribution in [1.82, 2.24) is 0 Å². The highest BCUT2D eigenvalue weighted by Gasteiger charge is 2.59. The van der Waals surface area contributed by atoms with Gasteiger partial charge in [0.1, 0.15) is 29.1 Å². The summed E-state index contributed by atoms with van der Waals surface area (Å²) in [7, 11) is 0. The van der Waals surface area contributed by atoms with Gasteiger partial charge >= 0.3 is 0 Å². The minimum atomic E-state index is -0.744. The molecule has 2 aliphatic carbocycles. The third-order valence-corrected chi connectivity index (χ3v) is 16.8. The first-order valence-corrected chi connectivity index (χ1v) is 24.6. The van der Waals surface area contributed by atoms with Crippen LogP contribution < -0.4 is 18.9 Å². The molecule has 0 amide bonds. The van der Waals surface area contributed by atoms with Gasteiger partial charge in [-0.2, -0.15) is 0 Å². The van der Waals surface area contributed by atoms with E-state index in [0.717, 1.165) is 6.42 Å². The average molecular weight is 931 g/mol. The van der Waals surface area contributed by atoms with E-state index in [1.54, 1.807) is 0 Å². The number of hydrogen-bond acceptors (Lipinski definition) is 8. The van der Waals surface area contributed by atoms with Crippen molar-refractivity contribution >= 4 is 0 Å². The molecular weight excluding hydrogens is 865 g/mol. The highest BCUT2D eigenvalue weighted by Crippen LogP contribution is 2.66. The molecule has 12 atom stereocenters. The first kappa shape index (κ1) is 47.1. The van der Waals surface area contributed by atoms with Crippen molar-refractivity contribution in [3.63, 3.8) is 0 Å². The fraction of sp³-hybridized carbons (Fsp3) is 0.564.